The molecule has 0 spiro atoms. The molecular formula is C10H11BrN2O2S. The zero-order valence-electron chi connectivity index (χ0n) is 9.20. The topological polar surface area (TPSA) is 44.0 Å². The minimum absolute atomic E-state index is 0.218. The molecule has 0 unspecified atom stereocenters. The number of aromatic nitrogens is 2. The Labute approximate surface area is 104 Å². The number of fused-ring (bicyclic) bond motifs is 1. The molecule has 0 bridgehead atoms. The molecule has 2 rings (SSSR count). The molecule has 4 nitrogen and oxygen atoms in total. The van der Waals surface area contributed by atoms with E-state index in [1.54, 1.807) is 4.57 Å². The summed E-state index contributed by atoms with van der Waals surface area (Å²) >= 11 is 4.84. The minimum Gasteiger partial charge on any atom is -0.285 e. The lowest BCUT2D eigenvalue weighted by molar-refractivity contribution is 0.661. The first-order chi connectivity index (χ1) is 7.49. The van der Waals surface area contributed by atoms with E-state index in [0.717, 1.165) is 18.7 Å². The molecule has 0 saturated heterocycles. The van der Waals surface area contributed by atoms with E-state index in [2.05, 4.69) is 15.9 Å². The molecular weight excluding hydrogens is 292 g/mol. The van der Waals surface area contributed by atoms with Gasteiger partial charge in [-0.2, -0.15) is 0 Å². The molecule has 0 fully saturated rings. The van der Waals surface area contributed by atoms with Gasteiger partial charge in [-0.1, -0.05) is 0 Å². The number of hydrogen-bond acceptors (Lipinski definition) is 3. The van der Waals surface area contributed by atoms with Crippen molar-refractivity contribution in [3.63, 3.8) is 0 Å². The molecule has 0 aliphatic heterocycles. The Kier molecular flexibility index (Phi) is 2.79. The number of nitrogens with zero attached hydrogens (tertiary/aromatic N) is 2. The Morgan fingerprint density at radius 2 is 2.00 bits per heavy atom. The van der Waals surface area contributed by atoms with Gasteiger partial charge in [-0.15, -0.1) is 11.3 Å². The molecule has 2 aromatic rings. The average Bonchev–Trinajstić information content (AvgIpc) is 2.53. The standard InChI is InChI=1S/C10H11BrN2O2S/c1-4-13-9-6(5(2)7(11)16-9)8(14)12(3)10(13)15/h4H2,1-3H3. The molecule has 2 heterocycles. The first-order valence-electron chi connectivity index (χ1n) is 4.87. The lowest BCUT2D eigenvalue weighted by atomic mass is 10.3. The molecule has 0 radical (unpaired) electrons. The van der Waals surface area contributed by atoms with Crippen LogP contribution in [0.5, 0.6) is 0 Å². The molecule has 0 atom stereocenters. The van der Waals surface area contributed by atoms with Gasteiger partial charge in [0.1, 0.15) is 4.83 Å². The lowest BCUT2D eigenvalue weighted by Crippen LogP contribution is -2.37. The number of hydrogen-bond donors (Lipinski definition) is 0. The Hall–Kier alpha value is -0.880. The van der Waals surface area contributed by atoms with Crippen molar-refractivity contribution in [2.45, 2.75) is 20.4 Å². The normalized spacial score (nSPS) is 11.2. The highest BCUT2D eigenvalue weighted by molar-refractivity contribution is 9.11. The van der Waals surface area contributed by atoms with Crippen LogP contribution in [-0.4, -0.2) is 9.13 Å². The quantitative estimate of drug-likeness (QED) is 0.807. The Morgan fingerprint density at radius 1 is 1.38 bits per heavy atom. The van der Waals surface area contributed by atoms with Gasteiger partial charge in [0.15, 0.2) is 0 Å². The third-order valence-corrected chi connectivity index (χ3v) is 4.85. The van der Waals surface area contributed by atoms with Crippen molar-refractivity contribution in [3.05, 3.63) is 30.2 Å². The maximum absolute atomic E-state index is 12.0. The van der Waals surface area contributed by atoms with Crippen LogP contribution in [0.15, 0.2) is 13.4 Å². The largest absolute Gasteiger partial charge is 0.331 e. The fraction of sp³-hybridized carbons (Fsp3) is 0.400. The second kappa shape index (κ2) is 3.85. The molecule has 0 aliphatic carbocycles. The van der Waals surface area contributed by atoms with Gasteiger partial charge in [-0.05, 0) is 35.3 Å². The van der Waals surface area contributed by atoms with Crippen LogP contribution in [0.1, 0.15) is 12.5 Å². The monoisotopic (exact) mass is 302 g/mol. The molecule has 0 amide bonds. The highest BCUT2D eigenvalue weighted by Gasteiger charge is 2.16. The highest BCUT2D eigenvalue weighted by atomic mass is 79.9. The van der Waals surface area contributed by atoms with Crippen LogP contribution in [0.2, 0.25) is 0 Å². The van der Waals surface area contributed by atoms with Gasteiger partial charge in [-0.3, -0.25) is 13.9 Å². The smallest absolute Gasteiger partial charge is 0.285 e. The zero-order chi connectivity index (χ0) is 12.0. The van der Waals surface area contributed by atoms with Crippen LogP contribution in [-0.2, 0) is 13.6 Å². The van der Waals surface area contributed by atoms with Gasteiger partial charge >= 0.3 is 5.69 Å². The van der Waals surface area contributed by atoms with Crippen molar-refractivity contribution in [2.24, 2.45) is 7.05 Å². The van der Waals surface area contributed by atoms with Gasteiger partial charge in [-0.25, -0.2) is 4.79 Å². The van der Waals surface area contributed by atoms with Crippen LogP contribution in [0, 0.1) is 6.92 Å². The fourth-order valence-corrected chi connectivity index (χ4v) is 3.46. The summed E-state index contributed by atoms with van der Waals surface area (Å²) in [6.07, 6.45) is 0. The summed E-state index contributed by atoms with van der Waals surface area (Å²) in [6, 6.07) is 0. The summed E-state index contributed by atoms with van der Waals surface area (Å²) in [5.74, 6) is 0. The van der Waals surface area contributed by atoms with Crippen molar-refractivity contribution < 1.29 is 0 Å². The summed E-state index contributed by atoms with van der Waals surface area (Å²) in [5.41, 5.74) is 0.431. The van der Waals surface area contributed by atoms with Crippen LogP contribution < -0.4 is 11.2 Å². The molecule has 0 aromatic carbocycles. The highest BCUT2D eigenvalue weighted by Crippen LogP contribution is 2.31. The van der Waals surface area contributed by atoms with Gasteiger partial charge in [0.05, 0.1) is 9.17 Å². The number of rotatable bonds is 1. The molecule has 86 valence electrons. The lowest BCUT2D eigenvalue weighted by Gasteiger charge is -2.06. The van der Waals surface area contributed by atoms with E-state index < -0.39 is 0 Å². The molecule has 6 heteroatoms. The molecule has 0 N–H and O–H groups in total. The predicted molar refractivity (Wildman–Crippen MR) is 69.4 cm³/mol. The zero-order valence-corrected chi connectivity index (χ0v) is 11.6. The Morgan fingerprint density at radius 3 is 2.56 bits per heavy atom. The number of aryl methyl sites for hydroxylation is 2. The van der Waals surface area contributed by atoms with Crippen LogP contribution >= 0.6 is 27.3 Å². The summed E-state index contributed by atoms with van der Waals surface area (Å²) in [4.78, 5) is 24.6. The Bertz CT molecular complexity index is 681. The van der Waals surface area contributed by atoms with Crippen LogP contribution in [0.4, 0.5) is 0 Å². The number of thiophene rings is 1. The van der Waals surface area contributed by atoms with E-state index in [1.165, 1.54) is 18.4 Å². The predicted octanol–water partition coefficient (Wildman–Crippen LogP) is 1.85. The minimum atomic E-state index is -0.256. The van der Waals surface area contributed by atoms with E-state index in [1.807, 2.05) is 13.8 Å². The summed E-state index contributed by atoms with van der Waals surface area (Å²) < 4.78 is 3.70. The Balaban J connectivity index is 3.17. The van der Waals surface area contributed by atoms with E-state index in [0.29, 0.717) is 11.9 Å². The summed E-state index contributed by atoms with van der Waals surface area (Å²) in [6.45, 7) is 4.35. The van der Waals surface area contributed by atoms with Gasteiger partial charge in [0, 0.05) is 13.6 Å². The maximum atomic E-state index is 12.0. The van der Waals surface area contributed by atoms with Crippen molar-refractivity contribution in [1.82, 2.24) is 9.13 Å². The first kappa shape index (κ1) is 11.6. The van der Waals surface area contributed by atoms with Gasteiger partial charge < -0.3 is 0 Å². The third kappa shape index (κ3) is 1.40. The van der Waals surface area contributed by atoms with E-state index in [4.69, 9.17) is 0 Å². The third-order valence-electron chi connectivity index (χ3n) is 2.67. The second-order valence-electron chi connectivity index (χ2n) is 3.57. The fourth-order valence-electron chi connectivity index (χ4n) is 1.71. The van der Waals surface area contributed by atoms with Crippen molar-refractivity contribution in [2.75, 3.05) is 0 Å². The second-order valence-corrected chi connectivity index (χ2v) is 5.89. The van der Waals surface area contributed by atoms with Crippen molar-refractivity contribution in [1.29, 1.82) is 0 Å². The van der Waals surface area contributed by atoms with Crippen LogP contribution in [0.25, 0.3) is 10.2 Å². The molecule has 16 heavy (non-hydrogen) atoms. The first-order valence-corrected chi connectivity index (χ1v) is 6.48. The van der Waals surface area contributed by atoms with Crippen molar-refractivity contribution in [3.8, 4) is 0 Å². The number of halogens is 1. The SMILES string of the molecule is CCn1c(=O)n(C)c(=O)c2c(C)c(Br)sc21. The molecule has 0 saturated carbocycles. The maximum Gasteiger partial charge on any atom is 0.331 e. The average molecular weight is 303 g/mol. The van der Waals surface area contributed by atoms with Gasteiger partial charge in [0.2, 0.25) is 0 Å². The molecule has 0 aliphatic rings. The van der Waals surface area contributed by atoms with E-state index >= 15 is 0 Å². The summed E-state index contributed by atoms with van der Waals surface area (Å²) in [7, 11) is 1.52. The molecule has 2 aromatic heterocycles. The van der Waals surface area contributed by atoms with Crippen LogP contribution in [0.3, 0.4) is 0 Å². The van der Waals surface area contributed by atoms with E-state index in [9.17, 15) is 9.59 Å². The van der Waals surface area contributed by atoms with Crippen molar-refractivity contribution >= 4 is 37.5 Å². The summed E-state index contributed by atoms with van der Waals surface area (Å²) in [5, 5.41) is 0.640. The van der Waals surface area contributed by atoms with E-state index in [-0.39, 0.29) is 11.2 Å². The van der Waals surface area contributed by atoms with Gasteiger partial charge in [0.25, 0.3) is 5.56 Å².